The van der Waals surface area contributed by atoms with Crippen molar-refractivity contribution in [1.29, 1.82) is 0 Å². The van der Waals surface area contributed by atoms with Crippen molar-refractivity contribution in [3.05, 3.63) is 40.1 Å². The molecule has 1 aliphatic rings. The number of nitrogens with one attached hydrogen (secondary N) is 1. The number of piperazine rings is 1. The number of ether oxygens (including phenoxy) is 2. The lowest BCUT2D eigenvalue weighted by Crippen LogP contribution is -2.49. The maximum absolute atomic E-state index is 13.1. The molecule has 2 aromatic rings. The second-order valence-corrected chi connectivity index (χ2v) is 7.83. The minimum absolute atomic E-state index is 0.00383. The first kappa shape index (κ1) is 27.2. The molecule has 0 unspecified atom stereocenters. The molecular weight excluding hydrogens is 502 g/mol. The van der Waals surface area contributed by atoms with Crippen LogP contribution in [0.1, 0.15) is 24.5 Å². The monoisotopic (exact) mass is 524 g/mol. The molecule has 36 heavy (non-hydrogen) atoms. The van der Waals surface area contributed by atoms with E-state index < -0.39 is 40.9 Å². The summed E-state index contributed by atoms with van der Waals surface area (Å²) in [5, 5.41) is 5.02. The molecule has 3 rings (SSSR count). The van der Waals surface area contributed by atoms with Crippen molar-refractivity contribution in [3.63, 3.8) is 0 Å². The van der Waals surface area contributed by atoms with E-state index in [0.717, 1.165) is 6.20 Å². The number of hydrogen-bond donors (Lipinski definition) is 1. The van der Waals surface area contributed by atoms with Gasteiger partial charge < -0.3 is 19.3 Å². The molecule has 1 amide bonds. The van der Waals surface area contributed by atoms with Crippen LogP contribution in [0, 0.1) is 0 Å². The molecule has 16 heteroatoms. The molecule has 0 saturated carbocycles. The molecule has 1 atom stereocenters. The van der Waals surface area contributed by atoms with Gasteiger partial charge in [0.05, 0.1) is 31.4 Å². The smallest absolute Gasteiger partial charge is 0.425 e. The number of carbonyl (C=O) groups excluding carboxylic acids is 1. The number of anilines is 1. The number of hydrogen-bond acceptors (Lipinski definition) is 8. The van der Waals surface area contributed by atoms with Gasteiger partial charge in [-0.05, 0) is 6.92 Å². The van der Waals surface area contributed by atoms with Gasteiger partial charge in [-0.15, -0.1) is 0 Å². The summed E-state index contributed by atoms with van der Waals surface area (Å²) in [6, 6.07) is 0. The van der Waals surface area contributed by atoms with Crippen LogP contribution in [0.2, 0.25) is 0 Å². The number of alkyl halides is 6. The van der Waals surface area contributed by atoms with E-state index in [1.165, 1.54) is 6.92 Å². The van der Waals surface area contributed by atoms with Crippen LogP contribution in [-0.2, 0) is 21.9 Å². The van der Waals surface area contributed by atoms with E-state index in [1.54, 1.807) is 14.9 Å². The summed E-state index contributed by atoms with van der Waals surface area (Å²) in [6.45, 7) is 2.54. The van der Waals surface area contributed by atoms with Gasteiger partial charge in [0.1, 0.15) is 6.10 Å². The maximum Gasteiger partial charge on any atom is 0.425 e. The number of carbonyl (C=O) groups is 1. The second-order valence-electron chi connectivity index (χ2n) is 7.83. The van der Waals surface area contributed by atoms with Crippen LogP contribution in [0.15, 0.2) is 23.4 Å². The Morgan fingerprint density at radius 3 is 2.28 bits per heavy atom. The molecule has 1 aliphatic heterocycles. The highest BCUT2D eigenvalue weighted by Gasteiger charge is 2.38. The standard InChI is InChI=1S/C20H22F6N6O4/c1-12(36-14-10-29-30-17(34)16(14)20(24,25)26)11-35-7-2-15(33)31-3-5-32(6-4-31)18-27-8-13(9-28-18)19(21,22)23/h8-10,12H,2-7,11H2,1H3,(H,30,34)/t12-/m1/s1. The Morgan fingerprint density at radius 1 is 1.06 bits per heavy atom. The zero-order valence-electron chi connectivity index (χ0n) is 18.9. The molecule has 0 aromatic carbocycles. The molecule has 1 fully saturated rings. The lowest BCUT2D eigenvalue weighted by Gasteiger charge is -2.34. The number of aromatic nitrogens is 4. The Morgan fingerprint density at radius 2 is 1.69 bits per heavy atom. The number of aromatic amines is 1. The summed E-state index contributed by atoms with van der Waals surface area (Å²) in [5.74, 6) is -0.820. The van der Waals surface area contributed by atoms with Crippen molar-refractivity contribution >= 4 is 11.9 Å². The van der Waals surface area contributed by atoms with Crippen molar-refractivity contribution in [2.45, 2.75) is 31.8 Å². The van der Waals surface area contributed by atoms with E-state index >= 15 is 0 Å². The minimum Gasteiger partial charge on any atom is -0.486 e. The third-order valence-electron chi connectivity index (χ3n) is 5.13. The molecule has 3 heterocycles. The van der Waals surface area contributed by atoms with Gasteiger partial charge in [-0.2, -0.15) is 31.4 Å². The summed E-state index contributed by atoms with van der Waals surface area (Å²) in [7, 11) is 0. The molecule has 10 nitrogen and oxygen atoms in total. The van der Waals surface area contributed by atoms with Crippen LogP contribution in [0.3, 0.4) is 0 Å². The summed E-state index contributed by atoms with van der Waals surface area (Å²) in [6.07, 6.45) is -8.15. The van der Waals surface area contributed by atoms with E-state index in [2.05, 4.69) is 15.1 Å². The summed E-state index contributed by atoms with van der Waals surface area (Å²) in [4.78, 5) is 34.6. The van der Waals surface area contributed by atoms with Crippen molar-refractivity contribution in [2.75, 3.05) is 44.3 Å². The summed E-state index contributed by atoms with van der Waals surface area (Å²) in [5.41, 5.74) is -3.88. The quantitative estimate of drug-likeness (QED) is 0.413. The first-order valence-corrected chi connectivity index (χ1v) is 10.7. The fourth-order valence-electron chi connectivity index (χ4n) is 3.34. The van der Waals surface area contributed by atoms with Crippen LogP contribution < -0.4 is 15.2 Å². The molecule has 1 saturated heterocycles. The largest absolute Gasteiger partial charge is 0.486 e. The molecule has 1 N–H and O–H groups in total. The van der Waals surface area contributed by atoms with E-state index in [9.17, 15) is 35.9 Å². The first-order valence-electron chi connectivity index (χ1n) is 10.7. The van der Waals surface area contributed by atoms with E-state index in [-0.39, 0.29) is 31.5 Å². The highest BCUT2D eigenvalue weighted by atomic mass is 19.4. The van der Waals surface area contributed by atoms with Gasteiger partial charge in [0.25, 0.3) is 5.56 Å². The van der Waals surface area contributed by atoms with Gasteiger partial charge in [-0.25, -0.2) is 15.1 Å². The SMILES string of the molecule is C[C@H](COCCC(=O)N1CCN(c2ncc(C(F)(F)F)cn2)CC1)Oc1cn[nH]c(=O)c1C(F)(F)F. The zero-order valence-corrected chi connectivity index (χ0v) is 18.9. The second kappa shape index (κ2) is 11.1. The zero-order chi connectivity index (χ0) is 26.5. The van der Waals surface area contributed by atoms with Gasteiger partial charge in [0, 0.05) is 38.6 Å². The fraction of sp³-hybridized carbons (Fsp3) is 0.550. The topological polar surface area (TPSA) is 114 Å². The molecule has 0 aliphatic carbocycles. The molecular formula is C20H22F6N6O4. The molecule has 0 bridgehead atoms. The Hall–Kier alpha value is -3.43. The molecule has 198 valence electrons. The van der Waals surface area contributed by atoms with Crippen LogP contribution in [-0.4, -0.2) is 76.5 Å². The lowest BCUT2D eigenvalue weighted by molar-refractivity contribution is -0.141. The average molecular weight is 524 g/mol. The third-order valence-corrected chi connectivity index (χ3v) is 5.13. The van der Waals surface area contributed by atoms with Crippen molar-refractivity contribution < 1.29 is 40.6 Å². The predicted molar refractivity (Wildman–Crippen MR) is 111 cm³/mol. The number of H-pyrrole nitrogens is 1. The summed E-state index contributed by atoms with van der Waals surface area (Å²) >= 11 is 0. The third kappa shape index (κ3) is 7.05. The van der Waals surface area contributed by atoms with Crippen molar-refractivity contribution in [1.82, 2.24) is 25.1 Å². The van der Waals surface area contributed by atoms with Crippen molar-refractivity contribution in [3.8, 4) is 5.75 Å². The van der Waals surface area contributed by atoms with Crippen molar-refractivity contribution in [2.24, 2.45) is 0 Å². The minimum atomic E-state index is -4.93. The molecule has 2 aromatic heterocycles. The van der Waals surface area contributed by atoms with Gasteiger partial charge in [0.15, 0.2) is 11.3 Å². The Bertz CT molecular complexity index is 1080. The van der Waals surface area contributed by atoms with Crippen LogP contribution in [0.4, 0.5) is 32.3 Å². The fourth-order valence-corrected chi connectivity index (χ4v) is 3.34. The van der Waals surface area contributed by atoms with Crippen LogP contribution in [0.25, 0.3) is 0 Å². The number of halogens is 6. The van der Waals surface area contributed by atoms with Crippen LogP contribution in [0.5, 0.6) is 5.75 Å². The van der Waals surface area contributed by atoms with Crippen LogP contribution >= 0.6 is 0 Å². The van der Waals surface area contributed by atoms with Gasteiger partial charge in [-0.3, -0.25) is 9.59 Å². The number of amides is 1. The van der Waals surface area contributed by atoms with Gasteiger partial charge in [-0.1, -0.05) is 0 Å². The molecule has 0 spiro atoms. The average Bonchev–Trinajstić information content (AvgIpc) is 2.80. The maximum atomic E-state index is 13.1. The van der Waals surface area contributed by atoms with E-state index in [0.29, 0.717) is 38.6 Å². The van der Waals surface area contributed by atoms with E-state index in [4.69, 9.17) is 9.47 Å². The number of rotatable bonds is 8. The Labute approximate surface area is 200 Å². The number of nitrogens with zero attached hydrogens (tertiary/aromatic N) is 5. The highest BCUT2D eigenvalue weighted by Crippen LogP contribution is 2.33. The first-order chi connectivity index (χ1) is 16.9. The summed E-state index contributed by atoms with van der Waals surface area (Å²) < 4.78 is 87.6. The molecule has 0 radical (unpaired) electrons. The Kier molecular flexibility index (Phi) is 8.37. The predicted octanol–water partition coefficient (Wildman–Crippen LogP) is 2.12. The highest BCUT2D eigenvalue weighted by molar-refractivity contribution is 5.76. The van der Waals surface area contributed by atoms with E-state index in [1.807, 2.05) is 0 Å². The van der Waals surface area contributed by atoms with Gasteiger partial charge >= 0.3 is 12.4 Å². The Balaban J connectivity index is 1.40. The van der Waals surface area contributed by atoms with Gasteiger partial charge in [0.2, 0.25) is 11.9 Å². The lowest BCUT2D eigenvalue weighted by atomic mass is 10.2. The normalized spacial score (nSPS) is 15.6.